The molecule has 1 aliphatic rings. The number of hydrogen-bond donors (Lipinski definition) is 1. The van der Waals surface area contributed by atoms with Crippen LogP contribution in [0.2, 0.25) is 0 Å². The van der Waals surface area contributed by atoms with E-state index in [9.17, 15) is 18.0 Å². The summed E-state index contributed by atoms with van der Waals surface area (Å²) >= 11 is 0. The van der Waals surface area contributed by atoms with E-state index in [1.54, 1.807) is 6.92 Å². The molecular weight excluding hydrogens is 268 g/mol. The van der Waals surface area contributed by atoms with Gasteiger partial charge in [-0.2, -0.15) is 0 Å². The quantitative estimate of drug-likeness (QED) is 0.848. The van der Waals surface area contributed by atoms with E-state index in [-0.39, 0.29) is 34.7 Å². The summed E-state index contributed by atoms with van der Waals surface area (Å²) in [6.07, 6.45) is 0.457. The Labute approximate surface area is 111 Å². The Morgan fingerprint density at radius 3 is 2.74 bits per heavy atom. The van der Waals surface area contributed by atoms with Gasteiger partial charge in [0.15, 0.2) is 9.84 Å². The zero-order chi connectivity index (χ0) is 14.0. The SMILES string of the molecule is CCN(C(=O)c1cccc(=O)[nH]1)C1CCS(=O)(=O)C1. The fourth-order valence-electron chi connectivity index (χ4n) is 2.32. The molecule has 1 amide bonds. The zero-order valence-electron chi connectivity index (χ0n) is 10.6. The van der Waals surface area contributed by atoms with Gasteiger partial charge in [0, 0.05) is 18.7 Å². The number of H-pyrrole nitrogens is 1. The van der Waals surface area contributed by atoms with Gasteiger partial charge in [0.05, 0.1) is 11.5 Å². The highest BCUT2D eigenvalue weighted by Gasteiger charge is 2.34. The maximum absolute atomic E-state index is 12.3. The van der Waals surface area contributed by atoms with Gasteiger partial charge in [-0.25, -0.2) is 8.42 Å². The van der Waals surface area contributed by atoms with Gasteiger partial charge in [-0.1, -0.05) is 6.07 Å². The van der Waals surface area contributed by atoms with Crippen molar-refractivity contribution in [3.63, 3.8) is 0 Å². The van der Waals surface area contributed by atoms with Crippen molar-refractivity contribution in [1.82, 2.24) is 9.88 Å². The van der Waals surface area contributed by atoms with Crippen molar-refractivity contribution in [2.24, 2.45) is 0 Å². The number of carbonyl (C=O) groups is 1. The summed E-state index contributed by atoms with van der Waals surface area (Å²) in [5.41, 5.74) is -0.153. The molecule has 0 radical (unpaired) electrons. The summed E-state index contributed by atoms with van der Waals surface area (Å²) in [4.78, 5) is 27.5. The second-order valence-electron chi connectivity index (χ2n) is 4.58. The topological polar surface area (TPSA) is 87.3 Å². The molecule has 2 heterocycles. The zero-order valence-corrected chi connectivity index (χ0v) is 11.4. The molecule has 1 saturated heterocycles. The highest BCUT2D eigenvalue weighted by atomic mass is 32.2. The second-order valence-corrected chi connectivity index (χ2v) is 6.81. The lowest BCUT2D eigenvalue weighted by molar-refractivity contribution is 0.0702. The van der Waals surface area contributed by atoms with Gasteiger partial charge in [-0.05, 0) is 19.4 Å². The Kier molecular flexibility index (Phi) is 3.75. The van der Waals surface area contributed by atoms with Crippen LogP contribution in [-0.4, -0.2) is 48.3 Å². The third-order valence-corrected chi connectivity index (χ3v) is 5.00. The number of rotatable bonds is 3. The number of hydrogen-bond acceptors (Lipinski definition) is 4. The smallest absolute Gasteiger partial charge is 0.270 e. The lowest BCUT2D eigenvalue weighted by atomic mass is 10.2. The van der Waals surface area contributed by atoms with Crippen LogP contribution in [0.5, 0.6) is 0 Å². The summed E-state index contributed by atoms with van der Waals surface area (Å²) < 4.78 is 23.0. The maximum atomic E-state index is 12.3. The number of carbonyl (C=O) groups excluding carboxylic acids is 1. The predicted molar refractivity (Wildman–Crippen MR) is 70.8 cm³/mol. The van der Waals surface area contributed by atoms with Crippen molar-refractivity contribution in [3.8, 4) is 0 Å². The molecule has 0 saturated carbocycles. The van der Waals surface area contributed by atoms with E-state index in [1.165, 1.54) is 23.1 Å². The van der Waals surface area contributed by atoms with E-state index in [2.05, 4.69) is 4.98 Å². The van der Waals surface area contributed by atoms with Crippen LogP contribution in [0.1, 0.15) is 23.8 Å². The van der Waals surface area contributed by atoms with Crippen molar-refractivity contribution in [2.45, 2.75) is 19.4 Å². The summed E-state index contributed by atoms with van der Waals surface area (Å²) in [5.74, 6) is -0.210. The van der Waals surface area contributed by atoms with Crippen LogP contribution in [0.25, 0.3) is 0 Å². The Bertz CT molecular complexity index is 635. The first-order valence-corrected chi connectivity index (χ1v) is 7.96. The summed E-state index contributed by atoms with van der Waals surface area (Å²) in [5, 5.41) is 0. The molecule has 0 spiro atoms. The van der Waals surface area contributed by atoms with Gasteiger partial charge >= 0.3 is 0 Å². The Morgan fingerprint density at radius 2 is 2.21 bits per heavy atom. The van der Waals surface area contributed by atoms with Gasteiger partial charge < -0.3 is 9.88 Å². The predicted octanol–water partition coefficient (Wildman–Crippen LogP) is 0.0241. The molecule has 1 N–H and O–H groups in total. The van der Waals surface area contributed by atoms with Crippen LogP contribution >= 0.6 is 0 Å². The van der Waals surface area contributed by atoms with Crippen LogP contribution in [-0.2, 0) is 9.84 Å². The molecule has 104 valence electrons. The average molecular weight is 284 g/mol. The number of aromatic nitrogens is 1. The molecule has 0 aromatic carbocycles. The molecule has 19 heavy (non-hydrogen) atoms. The number of amides is 1. The van der Waals surface area contributed by atoms with Gasteiger partial charge in [-0.3, -0.25) is 9.59 Å². The first kappa shape index (κ1) is 13.8. The molecule has 1 fully saturated rings. The molecule has 6 nitrogen and oxygen atoms in total. The first-order valence-electron chi connectivity index (χ1n) is 6.13. The van der Waals surface area contributed by atoms with Gasteiger partial charge in [0.1, 0.15) is 5.69 Å². The van der Waals surface area contributed by atoms with Gasteiger partial charge in [0.2, 0.25) is 5.56 Å². The van der Waals surface area contributed by atoms with Crippen LogP contribution < -0.4 is 5.56 Å². The molecule has 2 rings (SSSR count). The lowest BCUT2D eigenvalue weighted by Gasteiger charge is -2.26. The van der Waals surface area contributed by atoms with Gasteiger partial charge in [0.25, 0.3) is 5.91 Å². The average Bonchev–Trinajstić information content (AvgIpc) is 2.70. The molecule has 1 aliphatic heterocycles. The molecule has 0 bridgehead atoms. The third kappa shape index (κ3) is 3.04. The van der Waals surface area contributed by atoms with Crippen molar-refractivity contribution in [3.05, 3.63) is 34.2 Å². The second kappa shape index (κ2) is 5.16. The fraction of sp³-hybridized carbons (Fsp3) is 0.500. The monoisotopic (exact) mass is 284 g/mol. The van der Waals surface area contributed by atoms with Crippen molar-refractivity contribution in [2.75, 3.05) is 18.1 Å². The van der Waals surface area contributed by atoms with Gasteiger partial charge in [-0.15, -0.1) is 0 Å². The van der Waals surface area contributed by atoms with E-state index in [0.29, 0.717) is 13.0 Å². The number of aromatic amines is 1. The highest BCUT2D eigenvalue weighted by molar-refractivity contribution is 7.91. The Balaban J connectivity index is 2.23. The number of sulfone groups is 1. The molecule has 1 aromatic heterocycles. The largest absolute Gasteiger partial charge is 0.334 e. The minimum atomic E-state index is -3.04. The number of nitrogens with zero attached hydrogens (tertiary/aromatic N) is 1. The van der Waals surface area contributed by atoms with E-state index in [0.717, 1.165) is 0 Å². The van der Waals surface area contributed by atoms with Crippen molar-refractivity contribution >= 4 is 15.7 Å². The van der Waals surface area contributed by atoms with E-state index in [4.69, 9.17) is 0 Å². The summed E-state index contributed by atoms with van der Waals surface area (Å²) in [6, 6.07) is 4.06. The third-order valence-electron chi connectivity index (χ3n) is 3.25. The molecule has 1 atom stereocenters. The molecule has 7 heteroatoms. The molecule has 0 aliphatic carbocycles. The van der Waals surface area contributed by atoms with Crippen LogP contribution in [0.15, 0.2) is 23.0 Å². The van der Waals surface area contributed by atoms with Crippen LogP contribution in [0.4, 0.5) is 0 Å². The van der Waals surface area contributed by atoms with E-state index >= 15 is 0 Å². The van der Waals surface area contributed by atoms with E-state index < -0.39 is 9.84 Å². The standard InChI is InChI=1S/C12H16N2O4S/c1-2-14(9-6-7-19(17,18)8-9)12(16)10-4-3-5-11(15)13-10/h3-5,9H,2,6-8H2,1H3,(H,13,15). The normalized spacial score (nSPS) is 21.2. The van der Waals surface area contributed by atoms with Crippen LogP contribution in [0, 0.1) is 0 Å². The minimum absolute atomic E-state index is 0.00362. The highest BCUT2D eigenvalue weighted by Crippen LogP contribution is 2.19. The fourth-order valence-corrected chi connectivity index (χ4v) is 4.05. The van der Waals surface area contributed by atoms with Crippen LogP contribution in [0.3, 0.4) is 0 Å². The van der Waals surface area contributed by atoms with Crippen molar-refractivity contribution < 1.29 is 13.2 Å². The first-order chi connectivity index (χ1) is 8.93. The number of pyridine rings is 1. The van der Waals surface area contributed by atoms with Crippen molar-refractivity contribution in [1.29, 1.82) is 0 Å². The summed E-state index contributed by atoms with van der Waals surface area (Å²) in [6.45, 7) is 2.21. The van der Waals surface area contributed by atoms with E-state index in [1.807, 2.05) is 0 Å². The maximum Gasteiger partial charge on any atom is 0.270 e. The Hall–Kier alpha value is -1.63. The Morgan fingerprint density at radius 1 is 1.47 bits per heavy atom. The minimum Gasteiger partial charge on any atom is -0.334 e. The molecular formula is C12H16N2O4S. The number of nitrogens with one attached hydrogen (secondary N) is 1. The lowest BCUT2D eigenvalue weighted by Crippen LogP contribution is -2.41. The molecule has 1 unspecified atom stereocenters. The summed E-state index contributed by atoms with van der Waals surface area (Å²) in [7, 11) is -3.04. The molecule has 1 aromatic rings.